The van der Waals surface area contributed by atoms with Gasteiger partial charge in [-0.05, 0) is 24.6 Å². The van der Waals surface area contributed by atoms with Gasteiger partial charge in [0.1, 0.15) is 0 Å². The van der Waals surface area contributed by atoms with Gasteiger partial charge >= 0.3 is 6.03 Å². The lowest BCUT2D eigenvalue weighted by molar-refractivity contribution is 0.215. The lowest BCUT2D eigenvalue weighted by atomic mass is 10.2. The highest BCUT2D eigenvalue weighted by Gasteiger charge is 2.11. The molecule has 0 heterocycles. The Kier molecular flexibility index (Phi) is 4.56. The fourth-order valence-corrected chi connectivity index (χ4v) is 1.78. The van der Waals surface area contributed by atoms with Crippen LogP contribution in [0.4, 0.5) is 10.5 Å². The summed E-state index contributed by atoms with van der Waals surface area (Å²) < 4.78 is 0. The molecule has 2 aromatic carbocycles. The first-order valence-electron chi connectivity index (χ1n) is 6.24. The van der Waals surface area contributed by atoms with Gasteiger partial charge in [-0.15, -0.1) is 0 Å². The molecule has 0 aromatic heterocycles. The number of hydrogen-bond donors (Lipinski definition) is 1. The molecule has 1 radical (unpaired) electrons. The molecule has 19 heavy (non-hydrogen) atoms. The molecule has 0 aliphatic rings. The molecule has 97 valence electrons. The van der Waals surface area contributed by atoms with Crippen LogP contribution in [-0.4, -0.2) is 17.5 Å². The Morgan fingerprint density at radius 1 is 1.00 bits per heavy atom. The van der Waals surface area contributed by atoms with E-state index in [0.717, 1.165) is 11.3 Å². The Bertz CT molecular complexity index is 511. The summed E-state index contributed by atoms with van der Waals surface area (Å²) in [4.78, 5) is 13.8. The third-order valence-corrected chi connectivity index (χ3v) is 2.80. The van der Waals surface area contributed by atoms with E-state index in [-0.39, 0.29) is 6.03 Å². The van der Waals surface area contributed by atoms with Crippen LogP contribution in [0.1, 0.15) is 5.56 Å². The van der Waals surface area contributed by atoms with Crippen LogP contribution in [0.5, 0.6) is 0 Å². The van der Waals surface area contributed by atoms with Crippen molar-refractivity contribution >= 4 is 11.7 Å². The fraction of sp³-hybridized carbons (Fsp3) is 0.125. The molecule has 0 saturated heterocycles. The Labute approximate surface area is 113 Å². The number of rotatable bonds is 4. The smallest absolute Gasteiger partial charge is 0.320 e. The summed E-state index contributed by atoms with van der Waals surface area (Å²) in [5.74, 6) is 0. The van der Waals surface area contributed by atoms with Gasteiger partial charge < -0.3 is 10.2 Å². The summed E-state index contributed by atoms with van der Waals surface area (Å²) in [6.07, 6.45) is 0. The van der Waals surface area contributed by atoms with E-state index in [1.54, 1.807) is 4.90 Å². The minimum absolute atomic E-state index is 0.134. The van der Waals surface area contributed by atoms with Crippen LogP contribution >= 0.6 is 0 Å². The van der Waals surface area contributed by atoms with Crippen LogP contribution in [0, 0.1) is 6.92 Å². The van der Waals surface area contributed by atoms with Crippen molar-refractivity contribution in [2.24, 2.45) is 0 Å². The molecular formula is C16H17N2O. The molecule has 3 heteroatoms. The van der Waals surface area contributed by atoms with Crippen molar-refractivity contribution in [3.05, 3.63) is 73.2 Å². The van der Waals surface area contributed by atoms with E-state index in [4.69, 9.17) is 0 Å². The standard InChI is InChI=1S/C16H17N2O/c1-2-18(13-14-9-5-3-6-10-14)16(19)17-15-11-7-4-8-12-15/h3-12H,1-2,13H2,(H,17,19). The lowest BCUT2D eigenvalue weighted by Crippen LogP contribution is -2.34. The lowest BCUT2D eigenvalue weighted by Gasteiger charge is -2.21. The zero-order valence-electron chi connectivity index (χ0n) is 10.8. The summed E-state index contributed by atoms with van der Waals surface area (Å²) >= 11 is 0. The molecule has 0 aliphatic carbocycles. The molecule has 0 spiro atoms. The minimum atomic E-state index is -0.134. The number of nitrogens with one attached hydrogen (secondary N) is 1. The summed E-state index contributed by atoms with van der Waals surface area (Å²) in [5.41, 5.74) is 1.88. The average molecular weight is 253 g/mol. The van der Waals surface area contributed by atoms with Gasteiger partial charge in [-0.3, -0.25) is 0 Å². The maximum Gasteiger partial charge on any atom is 0.322 e. The molecular weight excluding hydrogens is 236 g/mol. The first-order chi connectivity index (χ1) is 9.29. The highest BCUT2D eigenvalue weighted by Crippen LogP contribution is 2.09. The first kappa shape index (κ1) is 13.1. The summed E-state index contributed by atoms with van der Waals surface area (Å²) in [5, 5.41) is 2.86. The topological polar surface area (TPSA) is 32.3 Å². The van der Waals surface area contributed by atoms with E-state index >= 15 is 0 Å². The molecule has 0 aliphatic heterocycles. The average Bonchev–Trinajstić information content (AvgIpc) is 2.47. The number of amides is 2. The second kappa shape index (κ2) is 6.59. The minimum Gasteiger partial charge on any atom is -0.320 e. The number of carbonyl (C=O) groups excluding carboxylic acids is 1. The molecule has 3 nitrogen and oxygen atoms in total. The van der Waals surface area contributed by atoms with E-state index < -0.39 is 0 Å². The zero-order valence-corrected chi connectivity index (χ0v) is 10.8. The molecule has 0 unspecified atom stereocenters. The summed E-state index contributed by atoms with van der Waals surface area (Å²) in [6, 6.07) is 19.2. The third kappa shape index (κ3) is 3.85. The Hall–Kier alpha value is -2.29. The quantitative estimate of drug-likeness (QED) is 0.887. The van der Waals surface area contributed by atoms with Crippen LogP contribution in [0.3, 0.4) is 0 Å². The van der Waals surface area contributed by atoms with E-state index in [2.05, 4.69) is 12.2 Å². The van der Waals surface area contributed by atoms with Gasteiger partial charge in [0, 0.05) is 18.8 Å². The molecule has 2 amide bonds. The van der Waals surface area contributed by atoms with Crippen LogP contribution in [0.15, 0.2) is 60.7 Å². The van der Waals surface area contributed by atoms with Gasteiger partial charge in [0.2, 0.25) is 0 Å². The second-order valence-corrected chi connectivity index (χ2v) is 4.20. The molecule has 2 rings (SSSR count). The molecule has 0 bridgehead atoms. The number of benzene rings is 2. The van der Waals surface area contributed by atoms with Crippen LogP contribution < -0.4 is 5.32 Å². The van der Waals surface area contributed by atoms with E-state index in [0.29, 0.717) is 13.1 Å². The maximum absolute atomic E-state index is 12.1. The largest absolute Gasteiger partial charge is 0.322 e. The molecule has 2 aromatic rings. The van der Waals surface area contributed by atoms with Crippen molar-refractivity contribution in [2.45, 2.75) is 6.54 Å². The van der Waals surface area contributed by atoms with Crippen molar-refractivity contribution in [3.8, 4) is 0 Å². The van der Waals surface area contributed by atoms with Crippen molar-refractivity contribution in [3.63, 3.8) is 0 Å². The monoisotopic (exact) mass is 253 g/mol. The van der Waals surface area contributed by atoms with E-state index in [1.807, 2.05) is 60.7 Å². The molecule has 0 atom stereocenters. The summed E-state index contributed by atoms with van der Waals surface area (Å²) in [6.45, 7) is 4.79. The van der Waals surface area contributed by atoms with Gasteiger partial charge in [0.15, 0.2) is 0 Å². The van der Waals surface area contributed by atoms with Gasteiger partial charge in [0.25, 0.3) is 0 Å². The first-order valence-corrected chi connectivity index (χ1v) is 6.24. The number of nitrogens with zero attached hydrogens (tertiary/aromatic N) is 1. The van der Waals surface area contributed by atoms with Crippen LogP contribution in [0.25, 0.3) is 0 Å². The van der Waals surface area contributed by atoms with Gasteiger partial charge in [-0.2, -0.15) is 0 Å². The highest BCUT2D eigenvalue weighted by molar-refractivity contribution is 5.89. The van der Waals surface area contributed by atoms with Crippen LogP contribution in [0.2, 0.25) is 0 Å². The zero-order chi connectivity index (χ0) is 13.5. The highest BCUT2D eigenvalue weighted by atomic mass is 16.2. The Morgan fingerprint density at radius 2 is 1.58 bits per heavy atom. The number of hydrogen-bond acceptors (Lipinski definition) is 1. The van der Waals surface area contributed by atoms with E-state index in [1.165, 1.54) is 0 Å². The van der Waals surface area contributed by atoms with Gasteiger partial charge in [0.05, 0.1) is 0 Å². The number of anilines is 1. The van der Waals surface area contributed by atoms with Crippen molar-refractivity contribution < 1.29 is 4.79 Å². The SMILES string of the molecule is [CH2]CN(Cc1ccccc1)C(=O)Nc1ccccc1. The summed E-state index contributed by atoms with van der Waals surface area (Å²) in [7, 11) is 0. The Morgan fingerprint density at radius 3 is 2.16 bits per heavy atom. The van der Waals surface area contributed by atoms with Gasteiger partial charge in [-0.25, -0.2) is 4.79 Å². The third-order valence-electron chi connectivity index (χ3n) is 2.80. The second-order valence-electron chi connectivity index (χ2n) is 4.20. The maximum atomic E-state index is 12.1. The van der Waals surface area contributed by atoms with E-state index in [9.17, 15) is 4.79 Å². The van der Waals surface area contributed by atoms with Gasteiger partial charge in [-0.1, -0.05) is 48.5 Å². The van der Waals surface area contributed by atoms with Crippen molar-refractivity contribution in [1.29, 1.82) is 0 Å². The van der Waals surface area contributed by atoms with Crippen molar-refractivity contribution in [1.82, 2.24) is 4.90 Å². The molecule has 0 fully saturated rings. The number of urea groups is 1. The van der Waals surface area contributed by atoms with Crippen molar-refractivity contribution in [2.75, 3.05) is 11.9 Å². The predicted octanol–water partition coefficient (Wildman–Crippen LogP) is 3.55. The predicted molar refractivity (Wildman–Crippen MR) is 77.7 cm³/mol. The molecule has 1 N–H and O–H groups in total. The fourth-order valence-electron chi connectivity index (χ4n) is 1.78. The molecule has 0 saturated carbocycles. The number of para-hydroxylation sites is 1. The Balaban J connectivity index is 2.00. The normalized spacial score (nSPS) is 9.95. The van der Waals surface area contributed by atoms with Crippen LogP contribution in [-0.2, 0) is 6.54 Å². The number of carbonyl (C=O) groups is 1.